The normalized spacial score (nSPS) is 12.5. The third-order valence-corrected chi connectivity index (χ3v) is 4.49. The number of hydrogen-bond acceptors (Lipinski definition) is 5. The lowest BCUT2D eigenvalue weighted by Crippen LogP contribution is -2.07. The first-order valence-electron chi connectivity index (χ1n) is 8.01. The predicted octanol–water partition coefficient (Wildman–Crippen LogP) is 4.89. The molecule has 0 fully saturated rings. The van der Waals surface area contributed by atoms with Gasteiger partial charge in [-0.25, -0.2) is 4.39 Å². The molecule has 0 spiro atoms. The second-order valence-corrected chi connectivity index (χ2v) is 6.44. The predicted molar refractivity (Wildman–Crippen MR) is 97.6 cm³/mol. The highest BCUT2D eigenvalue weighted by Gasteiger charge is 2.14. The number of aromatic amines is 1. The smallest absolute Gasteiger partial charge is 0.316 e. The number of halogens is 2. The third kappa shape index (κ3) is 3.01. The number of hydrogen-bond donors (Lipinski definition) is 2. The van der Waals surface area contributed by atoms with Gasteiger partial charge in [-0.2, -0.15) is 5.10 Å². The Morgan fingerprint density at radius 2 is 2.04 bits per heavy atom. The number of nitrogens with one attached hydrogen (secondary N) is 2. The first kappa shape index (κ1) is 16.5. The lowest BCUT2D eigenvalue weighted by atomic mass is 10.1. The van der Waals surface area contributed by atoms with E-state index >= 15 is 0 Å². The van der Waals surface area contributed by atoms with Gasteiger partial charge in [-0.05, 0) is 49.7 Å². The molecule has 4 rings (SSSR count). The van der Waals surface area contributed by atoms with E-state index in [2.05, 4.69) is 25.7 Å². The second-order valence-electron chi connectivity index (χ2n) is 6.03. The number of nitrogens with zero attached hydrogens (tertiary/aromatic N) is 3. The first-order valence-corrected chi connectivity index (χ1v) is 8.39. The Morgan fingerprint density at radius 3 is 2.85 bits per heavy atom. The zero-order valence-corrected chi connectivity index (χ0v) is 14.8. The standard InChI is InChI=1S/C18H15ClFN5O/c1-9(11-3-5-15(20)14(19)8-11)21-18-25-24-17(26-18)12-4-6-16-13(7-12)10(2)22-23-16/h3-9H,1-2H3,(H,21,25)(H,22,23). The van der Waals surface area contributed by atoms with Gasteiger partial charge in [0.15, 0.2) is 0 Å². The number of aryl methyl sites for hydroxylation is 1. The van der Waals surface area contributed by atoms with Crippen molar-refractivity contribution in [3.8, 4) is 11.5 Å². The van der Waals surface area contributed by atoms with Crippen LogP contribution in [0.1, 0.15) is 24.2 Å². The monoisotopic (exact) mass is 371 g/mol. The van der Waals surface area contributed by atoms with Gasteiger partial charge in [0, 0.05) is 16.6 Å². The van der Waals surface area contributed by atoms with Crippen molar-refractivity contribution in [1.82, 2.24) is 20.4 Å². The van der Waals surface area contributed by atoms with Crippen molar-refractivity contribution in [3.05, 3.63) is 58.5 Å². The molecule has 26 heavy (non-hydrogen) atoms. The van der Waals surface area contributed by atoms with E-state index in [1.54, 1.807) is 12.1 Å². The first-order chi connectivity index (χ1) is 12.5. The molecule has 132 valence electrons. The van der Waals surface area contributed by atoms with Crippen LogP contribution >= 0.6 is 11.6 Å². The van der Waals surface area contributed by atoms with Crippen molar-refractivity contribution in [2.45, 2.75) is 19.9 Å². The molecule has 2 aromatic carbocycles. The van der Waals surface area contributed by atoms with E-state index in [4.69, 9.17) is 16.0 Å². The van der Waals surface area contributed by atoms with Gasteiger partial charge in [0.1, 0.15) is 5.82 Å². The molecule has 2 heterocycles. The van der Waals surface area contributed by atoms with Crippen molar-refractivity contribution in [3.63, 3.8) is 0 Å². The van der Waals surface area contributed by atoms with E-state index in [1.807, 2.05) is 32.0 Å². The zero-order chi connectivity index (χ0) is 18.3. The average Bonchev–Trinajstić information content (AvgIpc) is 3.24. The molecule has 1 atom stereocenters. The number of anilines is 1. The lowest BCUT2D eigenvalue weighted by Gasteiger charge is -2.12. The molecule has 0 saturated heterocycles. The highest BCUT2D eigenvalue weighted by Crippen LogP contribution is 2.27. The van der Waals surface area contributed by atoms with Crippen molar-refractivity contribution in [1.29, 1.82) is 0 Å². The third-order valence-electron chi connectivity index (χ3n) is 4.20. The molecular weight excluding hydrogens is 357 g/mol. The van der Waals surface area contributed by atoms with Gasteiger partial charge in [-0.15, -0.1) is 5.10 Å². The summed E-state index contributed by atoms with van der Waals surface area (Å²) in [6, 6.07) is 10.4. The summed E-state index contributed by atoms with van der Waals surface area (Å²) in [6.45, 7) is 3.85. The molecule has 0 saturated carbocycles. The van der Waals surface area contributed by atoms with Crippen LogP contribution < -0.4 is 5.32 Å². The van der Waals surface area contributed by atoms with Crippen LogP contribution in [0.3, 0.4) is 0 Å². The molecule has 8 heteroatoms. The minimum Gasteiger partial charge on any atom is -0.403 e. The van der Waals surface area contributed by atoms with Crippen LogP contribution in [-0.2, 0) is 0 Å². The van der Waals surface area contributed by atoms with Crippen LogP contribution in [0.15, 0.2) is 40.8 Å². The summed E-state index contributed by atoms with van der Waals surface area (Å²) in [6.07, 6.45) is 0. The topological polar surface area (TPSA) is 79.6 Å². The molecule has 0 amide bonds. The molecule has 4 aromatic rings. The highest BCUT2D eigenvalue weighted by atomic mass is 35.5. The van der Waals surface area contributed by atoms with Gasteiger partial charge in [0.05, 0.1) is 16.6 Å². The molecule has 6 nitrogen and oxygen atoms in total. The van der Waals surface area contributed by atoms with Crippen molar-refractivity contribution >= 4 is 28.5 Å². The largest absolute Gasteiger partial charge is 0.403 e. The van der Waals surface area contributed by atoms with Crippen molar-refractivity contribution in [2.75, 3.05) is 5.32 Å². The fourth-order valence-corrected chi connectivity index (χ4v) is 2.91. The number of aromatic nitrogens is 4. The van der Waals surface area contributed by atoms with Gasteiger partial charge in [-0.1, -0.05) is 22.8 Å². The Hall–Kier alpha value is -2.93. The summed E-state index contributed by atoms with van der Waals surface area (Å²) in [5, 5.41) is 19.4. The van der Waals surface area contributed by atoms with Crippen LogP contribution in [0.4, 0.5) is 10.4 Å². The van der Waals surface area contributed by atoms with E-state index in [0.717, 1.165) is 27.7 Å². The maximum atomic E-state index is 13.3. The minimum atomic E-state index is -0.451. The minimum absolute atomic E-state index is 0.0751. The molecule has 0 aliphatic heterocycles. The summed E-state index contributed by atoms with van der Waals surface area (Å²) in [4.78, 5) is 0. The number of rotatable bonds is 4. The lowest BCUT2D eigenvalue weighted by molar-refractivity contribution is 0.573. The Balaban J connectivity index is 1.56. The van der Waals surface area contributed by atoms with E-state index in [1.165, 1.54) is 6.07 Å². The van der Waals surface area contributed by atoms with Crippen LogP contribution in [-0.4, -0.2) is 20.4 Å². The summed E-state index contributed by atoms with van der Waals surface area (Å²) in [7, 11) is 0. The van der Waals surface area contributed by atoms with Gasteiger partial charge in [0.2, 0.25) is 5.89 Å². The van der Waals surface area contributed by atoms with Gasteiger partial charge in [-0.3, -0.25) is 5.10 Å². The Bertz CT molecular complexity index is 1090. The number of fused-ring (bicyclic) bond motifs is 1. The summed E-state index contributed by atoms with van der Waals surface area (Å²) in [5.41, 5.74) is 3.47. The van der Waals surface area contributed by atoms with Gasteiger partial charge >= 0.3 is 6.01 Å². The van der Waals surface area contributed by atoms with Crippen molar-refractivity contribution < 1.29 is 8.81 Å². The second kappa shape index (κ2) is 6.42. The highest BCUT2D eigenvalue weighted by molar-refractivity contribution is 6.30. The summed E-state index contributed by atoms with van der Waals surface area (Å²) in [5.74, 6) is -0.0491. The summed E-state index contributed by atoms with van der Waals surface area (Å²) < 4.78 is 19.0. The van der Waals surface area contributed by atoms with Gasteiger partial charge in [0.25, 0.3) is 0 Å². The Morgan fingerprint density at radius 1 is 1.19 bits per heavy atom. The van der Waals surface area contributed by atoms with Crippen LogP contribution in [0, 0.1) is 12.7 Å². The Kier molecular flexibility index (Phi) is 4.08. The zero-order valence-electron chi connectivity index (χ0n) is 14.0. The summed E-state index contributed by atoms with van der Waals surface area (Å²) >= 11 is 5.83. The number of benzene rings is 2. The fourth-order valence-electron chi connectivity index (χ4n) is 2.72. The van der Waals surface area contributed by atoms with E-state index in [9.17, 15) is 4.39 Å². The van der Waals surface area contributed by atoms with E-state index < -0.39 is 5.82 Å². The fraction of sp³-hybridized carbons (Fsp3) is 0.167. The van der Waals surface area contributed by atoms with E-state index in [0.29, 0.717) is 5.89 Å². The molecule has 0 radical (unpaired) electrons. The molecule has 0 aliphatic rings. The van der Waals surface area contributed by atoms with Crippen LogP contribution in [0.2, 0.25) is 5.02 Å². The molecule has 2 N–H and O–H groups in total. The molecule has 2 aromatic heterocycles. The van der Waals surface area contributed by atoms with Crippen LogP contribution in [0.25, 0.3) is 22.4 Å². The van der Waals surface area contributed by atoms with Crippen molar-refractivity contribution in [2.24, 2.45) is 0 Å². The molecular formula is C18H15ClFN5O. The molecule has 1 unspecified atom stereocenters. The number of H-pyrrole nitrogens is 1. The quantitative estimate of drug-likeness (QED) is 0.534. The van der Waals surface area contributed by atoms with Gasteiger partial charge < -0.3 is 9.73 Å². The molecule has 0 bridgehead atoms. The van der Waals surface area contributed by atoms with E-state index in [-0.39, 0.29) is 17.1 Å². The Labute approximate surface area is 153 Å². The maximum Gasteiger partial charge on any atom is 0.316 e. The maximum absolute atomic E-state index is 13.3. The average molecular weight is 372 g/mol. The van der Waals surface area contributed by atoms with Crippen LogP contribution in [0.5, 0.6) is 0 Å². The molecule has 0 aliphatic carbocycles. The SMILES string of the molecule is Cc1[nH]nc2ccc(-c3nnc(NC(C)c4ccc(F)c(Cl)c4)o3)cc12.